The summed E-state index contributed by atoms with van der Waals surface area (Å²) in [7, 11) is 0. The van der Waals surface area contributed by atoms with Crippen LogP contribution in [0.15, 0.2) is 0 Å². The van der Waals surface area contributed by atoms with Crippen molar-refractivity contribution in [1.29, 1.82) is 0 Å². The largest absolute Gasteiger partial charge is 0.352 e. The van der Waals surface area contributed by atoms with Gasteiger partial charge in [0.2, 0.25) is 5.91 Å². The zero-order chi connectivity index (χ0) is 17.3. The van der Waals surface area contributed by atoms with E-state index < -0.39 is 11.6 Å². The first-order valence-corrected chi connectivity index (χ1v) is 9.36. The number of nitrogens with zero attached hydrogens (tertiary/aromatic N) is 1. The van der Waals surface area contributed by atoms with Crippen molar-refractivity contribution < 1.29 is 14.4 Å². The Bertz CT molecular complexity index is 528. The van der Waals surface area contributed by atoms with Crippen LogP contribution < -0.4 is 10.6 Å². The van der Waals surface area contributed by atoms with Crippen LogP contribution in [0.1, 0.15) is 65.2 Å². The van der Waals surface area contributed by atoms with Crippen LogP contribution in [0, 0.1) is 11.8 Å². The summed E-state index contributed by atoms with van der Waals surface area (Å²) in [6.45, 7) is 4.22. The highest BCUT2D eigenvalue weighted by molar-refractivity contribution is 6.09. The number of amides is 4. The van der Waals surface area contributed by atoms with Gasteiger partial charge in [0.1, 0.15) is 12.1 Å². The summed E-state index contributed by atoms with van der Waals surface area (Å²) in [6.07, 6.45) is 7.66. The number of urea groups is 1. The van der Waals surface area contributed by atoms with Gasteiger partial charge in [0, 0.05) is 6.04 Å². The first-order chi connectivity index (χ1) is 11.4. The van der Waals surface area contributed by atoms with Crippen LogP contribution in [0.3, 0.4) is 0 Å². The molecule has 2 aliphatic carbocycles. The summed E-state index contributed by atoms with van der Waals surface area (Å²) in [5, 5.41) is 5.90. The Morgan fingerprint density at radius 2 is 1.88 bits per heavy atom. The zero-order valence-electron chi connectivity index (χ0n) is 14.8. The molecule has 0 unspecified atom stereocenters. The fourth-order valence-electron chi connectivity index (χ4n) is 4.50. The number of hydrogen-bond donors (Lipinski definition) is 2. The van der Waals surface area contributed by atoms with Crippen molar-refractivity contribution in [3.8, 4) is 0 Å². The maximum absolute atomic E-state index is 12.7. The van der Waals surface area contributed by atoms with E-state index in [2.05, 4.69) is 24.5 Å². The molecule has 24 heavy (non-hydrogen) atoms. The van der Waals surface area contributed by atoms with Crippen molar-refractivity contribution in [1.82, 2.24) is 15.5 Å². The highest BCUT2D eigenvalue weighted by Gasteiger charge is 2.51. The van der Waals surface area contributed by atoms with Gasteiger partial charge in [0.05, 0.1) is 0 Å². The van der Waals surface area contributed by atoms with Crippen LogP contribution in [0.2, 0.25) is 0 Å². The van der Waals surface area contributed by atoms with E-state index in [0.717, 1.165) is 37.0 Å². The Labute approximate surface area is 143 Å². The fraction of sp³-hybridized carbons (Fsp3) is 0.833. The second-order valence-corrected chi connectivity index (χ2v) is 7.91. The lowest BCUT2D eigenvalue weighted by Crippen LogP contribution is -2.50. The molecule has 134 valence electrons. The topological polar surface area (TPSA) is 78.5 Å². The first-order valence-electron chi connectivity index (χ1n) is 9.36. The van der Waals surface area contributed by atoms with E-state index in [4.69, 9.17) is 0 Å². The molecule has 0 radical (unpaired) electrons. The molecule has 1 spiro atoms. The fourth-order valence-corrected chi connectivity index (χ4v) is 4.50. The summed E-state index contributed by atoms with van der Waals surface area (Å²) in [4.78, 5) is 38.4. The monoisotopic (exact) mass is 335 g/mol. The summed E-state index contributed by atoms with van der Waals surface area (Å²) < 4.78 is 0. The molecule has 2 saturated carbocycles. The molecule has 2 N–H and O–H groups in total. The molecule has 0 aromatic heterocycles. The Hall–Kier alpha value is -1.59. The predicted molar refractivity (Wildman–Crippen MR) is 90.2 cm³/mol. The van der Waals surface area contributed by atoms with Gasteiger partial charge in [-0.25, -0.2) is 4.79 Å². The van der Waals surface area contributed by atoms with Crippen LogP contribution in [-0.2, 0) is 9.59 Å². The van der Waals surface area contributed by atoms with Crippen LogP contribution in [0.5, 0.6) is 0 Å². The van der Waals surface area contributed by atoms with Gasteiger partial charge in [-0.05, 0) is 31.1 Å². The van der Waals surface area contributed by atoms with E-state index in [1.165, 1.54) is 6.42 Å². The quantitative estimate of drug-likeness (QED) is 0.776. The molecule has 1 heterocycles. The van der Waals surface area contributed by atoms with Crippen molar-refractivity contribution in [3.05, 3.63) is 0 Å². The number of hydrogen-bond acceptors (Lipinski definition) is 3. The second-order valence-electron chi connectivity index (χ2n) is 7.91. The Balaban J connectivity index is 1.60. The lowest BCUT2D eigenvalue weighted by molar-refractivity contribution is -0.136. The van der Waals surface area contributed by atoms with Gasteiger partial charge in [-0.3, -0.25) is 14.5 Å². The van der Waals surface area contributed by atoms with Gasteiger partial charge in [0.15, 0.2) is 0 Å². The second kappa shape index (κ2) is 6.73. The Morgan fingerprint density at radius 1 is 1.17 bits per heavy atom. The minimum absolute atomic E-state index is 0.144. The van der Waals surface area contributed by atoms with Crippen molar-refractivity contribution in [3.63, 3.8) is 0 Å². The summed E-state index contributed by atoms with van der Waals surface area (Å²) in [5.41, 5.74) is -0.748. The number of rotatable bonds is 3. The zero-order valence-corrected chi connectivity index (χ0v) is 14.8. The number of nitrogens with one attached hydrogen (secondary N) is 2. The normalized spacial score (nSPS) is 32.8. The highest BCUT2D eigenvalue weighted by Crippen LogP contribution is 2.33. The third kappa shape index (κ3) is 3.15. The van der Waals surface area contributed by atoms with E-state index in [-0.39, 0.29) is 24.4 Å². The summed E-state index contributed by atoms with van der Waals surface area (Å²) >= 11 is 0. The number of carbonyl (C=O) groups is 3. The molecule has 1 aliphatic heterocycles. The maximum Gasteiger partial charge on any atom is 0.325 e. The minimum atomic E-state index is -0.748. The maximum atomic E-state index is 12.7. The van der Waals surface area contributed by atoms with E-state index >= 15 is 0 Å². The molecule has 6 heteroatoms. The SMILES string of the molecule is C[C@H]1[C@@H](NC(=O)CN2C(=O)NC3(CCCCC3)C2=O)CCC[C@@H]1C. The molecule has 6 nitrogen and oxygen atoms in total. The van der Waals surface area contributed by atoms with Crippen LogP contribution in [0.4, 0.5) is 4.79 Å². The standard InChI is InChI=1S/C18H29N3O3/c1-12-7-6-8-14(13(12)2)19-15(22)11-21-16(23)18(20-17(21)24)9-4-3-5-10-18/h12-14H,3-11H2,1-2H3,(H,19,22)(H,20,24)/t12-,13+,14-/m0/s1. The van der Waals surface area contributed by atoms with Crippen molar-refractivity contribution >= 4 is 17.8 Å². The van der Waals surface area contributed by atoms with Crippen LogP contribution in [-0.4, -0.2) is 40.9 Å². The van der Waals surface area contributed by atoms with Gasteiger partial charge >= 0.3 is 6.03 Å². The smallest absolute Gasteiger partial charge is 0.325 e. The highest BCUT2D eigenvalue weighted by atomic mass is 16.2. The molecule has 3 aliphatic rings. The lowest BCUT2D eigenvalue weighted by atomic mass is 9.78. The van der Waals surface area contributed by atoms with Crippen LogP contribution >= 0.6 is 0 Å². The van der Waals surface area contributed by atoms with Crippen LogP contribution in [0.25, 0.3) is 0 Å². The number of carbonyl (C=O) groups excluding carboxylic acids is 3. The van der Waals surface area contributed by atoms with Gasteiger partial charge < -0.3 is 10.6 Å². The van der Waals surface area contributed by atoms with Gasteiger partial charge in [-0.15, -0.1) is 0 Å². The average molecular weight is 335 g/mol. The third-order valence-corrected chi connectivity index (χ3v) is 6.31. The Morgan fingerprint density at radius 3 is 2.58 bits per heavy atom. The van der Waals surface area contributed by atoms with Crippen molar-refractivity contribution in [2.24, 2.45) is 11.8 Å². The van der Waals surface area contributed by atoms with Gasteiger partial charge in [-0.2, -0.15) is 0 Å². The van der Waals surface area contributed by atoms with E-state index in [9.17, 15) is 14.4 Å². The molecular weight excluding hydrogens is 306 g/mol. The minimum Gasteiger partial charge on any atom is -0.352 e. The molecule has 4 amide bonds. The van der Waals surface area contributed by atoms with Crippen molar-refractivity contribution in [2.75, 3.05) is 6.54 Å². The molecule has 0 aromatic carbocycles. The average Bonchev–Trinajstić information content (AvgIpc) is 2.77. The summed E-state index contributed by atoms with van der Waals surface area (Å²) in [6, 6.07) is -0.271. The first kappa shape index (κ1) is 17.2. The molecule has 3 fully saturated rings. The molecular formula is C18H29N3O3. The van der Waals surface area contributed by atoms with Gasteiger partial charge in [0.25, 0.3) is 5.91 Å². The van der Waals surface area contributed by atoms with E-state index in [1.807, 2.05) is 0 Å². The molecule has 0 bridgehead atoms. The lowest BCUT2D eigenvalue weighted by Gasteiger charge is -2.35. The molecule has 3 atom stereocenters. The number of imide groups is 1. The predicted octanol–water partition coefficient (Wildman–Crippen LogP) is 2.18. The molecule has 0 aromatic rings. The van der Waals surface area contributed by atoms with E-state index in [0.29, 0.717) is 24.7 Å². The molecule has 1 saturated heterocycles. The Kier molecular flexibility index (Phi) is 4.83. The van der Waals surface area contributed by atoms with Gasteiger partial charge in [-0.1, -0.05) is 46.0 Å². The van der Waals surface area contributed by atoms with E-state index in [1.54, 1.807) is 0 Å². The van der Waals surface area contributed by atoms with Crippen molar-refractivity contribution in [2.45, 2.75) is 76.8 Å². The third-order valence-electron chi connectivity index (χ3n) is 6.31. The summed E-state index contributed by atoms with van der Waals surface area (Å²) in [5.74, 6) is 0.575. The molecule has 3 rings (SSSR count).